The Hall–Kier alpha value is -2.49. The van der Waals surface area contributed by atoms with Gasteiger partial charge in [0.15, 0.2) is 0 Å². The minimum atomic E-state index is -0.389. The van der Waals surface area contributed by atoms with Crippen LogP contribution in [0.2, 0.25) is 0 Å². The molecular formula is C23H30N2O4. The highest BCUT2D eigenvalue weighted by Crippen LogP contribution is 2.19. The maximum Gasteiger partial charge on any atom is 0.243 e. The Balaban J connectivity index is 2.02. The van der Waals surface area contributed by atoms with Gasteiger partial charge in [0.25, 0.3) is 0 Å². The van der Waals surface area contributed by atoms with Crippen molar-refractivity contribution in [1.82, 2.24) is 10.2 Å². The third kappa shape index (κ3) is 7.12. The van der Waals surface area contributed by atoms with Crippen LogP contribution in [0.15, 0.2) is 18.2 Å². The maximum absolute atomic E-state index is 12.1. The van der Waals surface area contributed by atoms with Crippen LogP contribution in [0.3, 0.4) is 0 Å². The van der Waals surface area contributed by atoms with Crippen molar-refractivity contribution in [3.63, 3.8) is 0 Å². The zero-order chi connectivity index (χ0) is 21.1. The van der Waals surface area contributed by atoms with E-state index in [1.54, 1.807) is 13.2 Å². The Bertz CT molecular complexity index is 779. The summed E-state index contributed by atoms with van der Waals surface area (Å²) in [6, 6.07) is 5.11. The Kier molecular flexibility index (Phi) is 9.55. The SMILES string of the molecule is COCCCCCCC#Cc1cccc(C=O)c1CN(C)C1CCC(=O)NC1=O. The molecule has 1 aromatic carbocycles. The van der Waals surface area contributed by atoms with Gasteiger partial charge in [-0.1, -0.05) is 36.8 Å². The summed E-state index contributed by atoms with van der Waals surface area (Å²) >= 11 is 0. The number of hydrogen-bond acceptors (Lipinski definition) is 5. The standard InChI is InChI=1S/C23H30N2O4/c1-25(21-13-14-22(27)24-23(21)28)16-20-18(11-9-12-19(20)17-26)10-7-5-3-4-6-8-15-29-2/h9,11-12,17,21H,3-6,8,13-16H2,1-2H3,(H,24,27,28). The van der Waals surface area contributed by atoms with E-state index in [0.717, 1.165) is 56.1 Å². The van der Waals surface area contributed by atoms with Crippen LogP contribution in [-0.2, 0) is 20.9 Å². The van der Waals surface area contributed by atoms with Gasteiger partial charge in [-0.25, -0.2) is 0 Å². The van der Waals surface area contributed by atoms with Gasteiger partial charge >= 0.3 is 0 Å². The van der Waals surface area contributed by atoms with E-state index in [-0.39, 0.29) is 17.9 Å². The second-order valence-electron chi connectivity index (χ2n) is 7.33. The largest absolute Gasteiger partial charge is 0.385 e. The molecule has 0 saturated carbocycles. The number of nitrogens with one attached hydrogen (secondary N) is 1. The van der Waals surface area contributed by atoms with Crippen molar-refractivity contribution in [3.8, 4) is 11.8 Å². The molecule has 1 aliphatic rings. The fraction of sp³-hybridized carbons (Fsp3) is 0.522. The summed E-state index contributed by atoms with van der Waals surface area (Å²) in [5.74, 6) is 5.90. The first kappa shape index (κ1) is 22.8. The van der Waals surface area contributed by atoms with E-state index >= 15 is 0 Å². The minimum absolute atomic E-state index is 0.235. The number of methoxy groups -OCH3 is 1. The van der Waals surface area contributed by atoms with E-state index in [1.807, 2.05) is 24.1 Å². The first-order valence-corrected chi connectivity index (χ1v) is 10.2. The number of imide groups is 1. The van der Waals surface area contributed by atoms with Crippen molar-refractivity contribution in [2.24, 2.45) is 0 Å². The molecule has 0 bridgehead atoms. The summed E-state index contributed by atoms with van der Waals surface area (Å²) in [4.78, 5) is 36.9. The fourth-order valence-electron chi connectivity index (χ4n) is 3.44. The lowest BCUT2D eigenvalue weighted by Gasteiger charge is -2.30. The highest BCUT2D eigenvalue weighted by Gasteiger charge is 2.30. The molecule has 2 rings (SSSR count). The van der Waals surface area contributed by atoms with Crippen LogP contribution in [0.1, 0.15) is 66.4 Å². The molecule has 0 aromatic heterocycles. The lowest BCUT2D eigenvalue weighted by molar-refractivity contribution is -0.137. The van der Waals surface area contributed by atoms with E-state index in [1.165, 1.54) is 0 Å². The summed E-state index contributed by atoms with van der Waals surface area (Å²) in [6.45, 7) is 1.22. The number of hydrogen-bond donors (Lipinski definition) is 1. The smallest absolute Gasteiger partial charge is 0.243 e. The number of benzene rings is 1. The molecular weight excluding hydrogens is 368 g/mol. The van der Waals surface area contributed by atoms with Crippen molar-refractivity contribution in [2.45, 2.75) is 57.5 Å². The number of likely N-dealkylation sites (N-methyl/N-ethyl adjacent to an activating group) is 1. The molecule has 6 nitrogen and oxygen atoms in total. The summed E-state index contributed by atoms with van der Waals surface area (Å²) < 4.78 is 5.05. The van der Waals surface area contributed by atoms with Crippen molar-refractivity contribution in [3.05, 3.63) is 34.9 Å². The molecule has 0 spiro atoms. The molecule has 1 saturated heterocycles. The lowest BCUT2D eigenvalue weighted by Crippen LogP contribution is -2.51. The number of ether oxygens (including phenoxy) is 1. The summed E-state index contributed by atoms with van der Waals surface area (Å²) in [5, 5.41) is 2.38. The van der Waals surface area contributed by atoms with Crippen LogP contribution in [0.4, 0.5) is 0 Å². The topological polar surface area (TPSA) is 75.7 Å². The number of aldehydes is 1. The zero-order valence-corrected chi connectivity index (χ0v) is 17.3. The van der Waals surface area contributed by atoms with Crippen molar-refractivity contribution < 1.29 is 19.1 Å². The van der Waals surface area contributed by atoms with Gasteiger partial charge in [0.2, 0.25) is 11.8 Å². The van der Waals surface area contributed by atoms with Gasteiger partial charge in [0.05, 0.1) is 6.04 Å². The predicted molar refractivity (Wildman–Crippen MR) is 111 cm³/mol. The lowest BCUT2D eigenvalue weighted by atomic mass is 9.99. The van der Waals surface area contributed by atoms with Crippen molar-refractivity contribution in [1.29, 1.82) is 0 Å². The van der Waals surface area contributed by atoms with E-state index in [0.29, 0.717) is 24.9 Å². The Labute approximate surface area is 173 Å². The van der Waals surface area contributed by atoms with Crippen LogP contribution in [0, 0.1) is 11.8 Å². The van der Waals surface area contributed by atoms with Gasteiger partial charge in [-0.05, 0) is 37.9 Å². The van der Waals surface area contributed by atoms with Gasteiger partial charge < -0.3 is 4.74 Å². The molecule has 2 amide bonds. The molecule has 0 radical (unpaired) electrons. The summed E-state index contributed by atoms with van der Waals surface area (Å²) in [5.41, 5.74) is 2.21. The molecule has 29 heavy (non-hydrogen) atoms. The molecule has 1 atom stereocenters. The number of rotatable bonds is 10. The van der Waals surface area contributed by atoms with E-state index in [2.05, 4.69) is 17.2 Å². The Morgan fingerprint density at radius 3 is 2.76 bits per heavy atom. The van der Waals surface area contributed by atoms with E-state index in [9.17, 15) is 14.4 Å². The number of carbonyl (C=O) groups is 3. The predicted octanol–water partition coefficient (Wildman–Crippen LogP) is 2.68. The molecule has 1 N–H and O–H groups in total. The third-order valence-electron chi connectivity index (χ3n) is 5.11. The van der Waals surface area contributed by atoms with Gasteiger partial charge in [-0.15, -0.1) is 0 Å². The fourth-order valence-corrected chi connectivity index (χ4v) is 3.44. The molecule has 1 heterocycles. The summed E-state index contributed by atoms with van der Waals surface area (Å²) in [6.07, 6.45) is 6.81. The summed E-state index contributed by atoms with van der Waals surface area (Å²) in [7, 11) is 3.55. The molecule has 1 fully saturated rings. The quantitative estimate of drug-likeness (QED) is 0.284. The first-order chi connectivity index (χ1) is 14.1. The maximum atomic E-state index is 12.1. The monoisotopic (exact) mass is 398 g/mol. The number of carbonyl (C=O) groups excluding carboxylic acids is 3. The van der Waals surface area contributed by atoms with E-state index in [4.69, 9.17) is 4.74 Å². The van der Waals surface area contributed by atoms with Gasteiger partial charge in [-0.3, -0.25) is 24.6 Å². The Morgan fingerprint density at radius 1 is 1.24 bits per heavy atom. The highest BCUT2D eigenvalue weighted by molar-refractivity contribution is 6.00. The number of piperidine rings is 1. The van der Waals surface area contributed by atoms with Gasteiger partial charge in [-0.2, -0.15) is 0 Å². The molecule has 1 unspecified atom stereocenters. The van der Waals surface area contributed by atoms with Crippen molar-refractivity contribution in [2.75, 3.05) is 20.8 Å². The Morgan fingerprint density at radius 2 is 2.03 bits per heavy atom. The average Bonchev–Trinajstić information content (AvgIpc) is 2.70. The zero-order valence-electron chi connectivity index (χ0n) is 17.3. The van der Waals surface area contributed by atoms with Crippen LogP contribution in [-0.4, -0.2) is 49.8 Å². The minimum Gasteiger partial charge on any atom is -0.385 e. The normalized spacial score (nSPS) is 16.3. The van der Waals surface area contributed by atoms with Gasteiger partial charge in [0, 0.05) is 44.2 Å². The number of nitrogens with zero attached hydrogens (tertiary/aromatic N) is 1. The third-order valence-corrected chi connectivity index (χ3v) is 5.11. The number of amides is 2. The average molecular weight is 399 g/mol. The highest BCUT2D eigenvalue weighted by atomic mass is 16.5. The van der Waals surface area contributed by atoms with E-state index < -0.39 is 0 Å². The van der Waals surface area contributed by atoms with Crippen molar-refractivity contribution >= 4 is 18.1 Å². The second-order valence-corrected chi connectivity index (χ2v) is 7.33. The van der Waals surface area contributed by atoms with Crippen LogP contribution < -0.4 is 5.32 Å². The molecule has 1 aliphatic heterocycles. The molecule has 156 valence electrons. The van der Waals surface area contributed by atoms with Crippen LogP contribution >= 0.6 is 0 Å². The second kappa shape index (κ2) is 12.2. The van der Waals surface area contributed by atoms with Gasteiger partial charge in [0.1, 0.15) is 6.29 Å². The van der Waals surface area contributed by atoms with Crippen LogP contribution in [0.25, 0.3) is 0 Å². The molecule has 1 aromatic rings. The number of unbranched alkanes of at least 4 members (excludes halogenated alkanes) is 4. The molecule has 6 heteroatoms. The first-order valence-electron chi connectivity index (χ1n) is 10.2. The molecule has 0 aliphatic carbocycles. The van der Waals surface area contributed by atoms with Crippen LogP contribution in [0.5, 0.6) is 0 Å².